The molecule has 30 heavy (non-hydrogen) atoms. The third-order valence-corrected chi connectivity index (χ3v) is 4.50. The van der Waals surface area contributed by atoms with Gasteiger partial charge in [-0.3, -0.25) is 4.79 Å². The van der Waals surface area contributed by atoms with Crippen LogP contribution in [0.3, 0.4) is 0 Å². The molecule has 0 radical (unpaired) electrons. The topological polar surface area (TPSA) is 73.2 Å². The number of nitrogens with zero attached hydrogens (tertiary/aromatic N) is 2. The SMILES string of the molecule is CCNC(=O)[C@H](C)OC(=O)/C=C/c1cn(-c2ccccc2)nc1-c1ccc(C)cc1. The predicted molar refractivity (Wildman–Crippen MR) is 117 cm³/mol. The highest BCUT2D eigenvalue weighted by Gasteiger charge is 2.16. The Morgan fingerprint density at radius 1 is 1.13 bits per heavy atom. The molecule has 6 nitrogen and oxygen atoms in total. The molecule has 0 saturated carbocycles. The molecular weight excluding hydrogens is 378 g/mol. The highest BCUT2D eigenvalue weighted by molar-refractivity contribution is 5.91. The van der Waals surface area contributed by atoms with Crippen LogP contribution in [-0.4, -0.2) is 34.3 Å². The monoisotopic (exact) mass is 403 g/mol. The summed E-state index contributed by atoms with van der Waals surface area (Å²) < 4.78 is 6.95. The van der Waals surface area contributed by atoms with Gasteiger partial charge in [0, 0.05) is 29.9 Å². The minimum atomic E-state index is -0.856. The zero-order valence-corrected chi connectivity index (χ0v) is 17.3. The van der Waals surface area contributed by atoms with Gasteiger partial charge in [-0.2, -0.15) is 5.10 Å². The molecule has 3 aromatic rings. The number of aryl methyl sites for hydroxylation is 1. The molecule has 154 valence electrons. The number of hydrogen-bond donors (Lipinski definition) is 1. The fraction of sp³-hybridized carbons (Fsp3) is 0.208. The number of esters is 1. The summed E-state index contributed by atoms with van der Waals surface area (Å²) in [6.45, 7) is 5.86. The van der Waals surface area contributed by atoms with Crippen LogP contribution in [0.25, 0.3) is 23.0 Å². The molecular formula is C24H25N3O3. The molecule has 6 heteroatoms. The molecule has 0 aliphatic carbocycles. The van der Waals surface area contributed by atoms with E-state index in [9.17, 15) is 9.59 Å². The molecule has 3 rings (SSSR count). The highest BCUT2D eigenvalue weighted by Crippen LogP contribution is 2.25. The van der Waals surface area contributed by atoms with Gasteiger partial charge < -0.3 is 10.1 Å². The molecule has 1 atom stereocenters. The van der Waals surface area contributed by atoms with Gasteiger partial charge in [0.15, 0.2) is 6.10 Å². The van der Waals surface area contributed by atoms with Gasteiger partial charge in [-0.25, -0.2) is 9.48 Å². The van der Waals surface area contributed by atoms with Gasteiger partial charge >= 0.3 is 5.97 Å². The smallest absolute Gasteiger partial charge is 0.331 e. The Balaban J connectivity index is 1.88. The first-order valence-corrected chi connectivity index (χ1v) is 9.86. The number of rotatable bonds is 7. The van der Waals surface area contributed by atoms with Crippen LogP contribution in [0.5, 0.6) is 0 Å². The molecule has 0 aliphatic heterocycles. The number of ether oxygens (including phenoxy) is 1. The van der Waals surface area contributed by atoms with Crippen LogP contribution >= 0.6 is 0 Å². The van der Waals surface area contributed by atoms with Gasteiger partial charge in [0.2, 0.25) is 0 Å². The lowest BCUT2D eigenvalue weighted by Crippen LogP contribution is -2.35. The lowest BCUT2D eigenvalue weighted by atomic mass is 10.1. The van der Waals surface area contributed by atoms with Gasteiger partial charge in [-0.1, -0.05) is 48.0 Å². The summed E-state index contributed by atoms with van der Waals surface area (Å²) >= 11 is 0. The van der Waals surface area contributed by atoms with Crippen molar-refractivity contribution in [2.45, 2.75) is 26.9 Å². The van der Waals surface area contributed by atoms with Crippen LogP contribution < -0.4 is 5.32 Å². The van der Waals surface area contributed by atoms with E-state index in [1.807, 2.05) is 74.6 Å². The number of likely N-dealkylation sites (N-methyl/N-ethyl adjacent to an activating group) is 1. The molecule has 0 bridgehead atoms. The van der Waals surface area contributed by atoms with Crippen LogP contribution in [0.1, 0.15) is 25.0 Å². The molecule has 0 saturated heterocycles. The maximum absolute atomic E-state index is 12.2. The van der Waals surface area contributed by atoms with Gasteiger partial charge in [-0.15, -0.1) is 0 Å². The third kappa shape index (κ3) is 5.23. The number of hydrogen-bond acceptors (Lipinski definition) is 4. The summed E-state index contributed by atoms with van der Waals surface area (Å²) in [7, 11) is 0. The third-order valence-electron chi connectivity index (χ3n) is 4.50. The number of carbonyl (C=O) groups is 2. The Labute approximate surface area is 176 Å². The normalized spacial score (nSPS) is 12.0. The standard InChI is InChI=1S/C24H25N3O3/c1-4-25-24(29)18(3)30-22(28)15-14-20-16-27(21-8-6-5-7-9-21)26-23(20)19-12-10-17(2)11-13-19/h5-16,18H,4H2,1-3H3,(H,25,29)/b15-14+/t18-/m0/s1. The summed E-state index contributed by atoms with van der Waals surface area (Å²) in [6, 6.07) is 17.8. The Morgan fingerprint density at radius 3 is 2.50 bits per heavy atom. The van der Waals surface area contributed by atoms with E-state index in [2.05, 4.69) is 5.32 Å². The summed E-state index contributed by atoms with van der Waals surface area (Å²) in [5.74, 6) is -0.910. The van der Waals surface area contributed by atoms with Crippen LogP contribution in [0.4, 0.5) is 0 Å². The number of amides is 1. The second-order valence-electron chi connectivity index (χ2n) is 6.89. The molecule has 0 spiro atoms. The lowest BCUT2D eigenvalue weighted by Gasteiger charge is -2.10. The van der Waals surface area contributed by atoms with Crippen molar-refractivity contribution < 1.29 is 14.3 Å². The van der Waals surface area contributed by atoms with Gasteiger partial charge in [0.1, 0.15) is 0 Å². The van der Waals surface area contributed by atoms with Crippen molar-refractivity contribution in [2.24, 2.45) is 0 Å². The quantitative estimate of drug-likeness (QED) is 0.479. The van der Waals surface area contributed by atoms with Crippen molar-refractivity contribution in [1.82, 2.24) is 15.1 Å². The number of carbonyl (C=O) groups excluding carboxylic acids is 2. The van der Waals surface area contributed by atoms with Crippen molar-refractivity contribution >= 4 is 18.0 Å². The number of aromatic nitrogens is 2. The van der Waals surface area contributed by atoms with Crippen LogP contribution in [0.2, 0.25) is 0 Å². The van der Waals surface area contributed by atoms with Crippen LogP contribution in [0, 0.1) is 6.92 Å². The largest absolute Gasteiger partial charge is 0.449 e. The Kier molecular flexibility index (Phi) is 6.80. The van der Waals surface area contributed by atoms with E-state index in [0.29, 0.717) is 6.54 Å². The zero-order valence-electron chi connectivity index (χ0n) is 17.3. The average Bonchev–Trinajstić information content (AvgIpc) is 3.18. The molecule has 0 fully saturated rings. The summed E-state index contributed by atoms with van der Waals surface area (Å²) in [5, 5.41) is 7.35. The predicted octanol–water partition coefficient (Wildman–Crippen LogP) is 3.93. The molecule has 2 aromatic carbocycles. The molecule has 0 unspecified atom stereocenters. The average molecular weight is 403 g/mol. The first kappa shape index (κ1) is 21.0. The Hall–Kier alpha value is -3.67. The van der Waals surface area contributed by atoms with Crippen molar-refractivity contribution in [3.8, 4) is 16.9 Å². The van der Waals surface area contributed by atoms with Gasteiger partial charge in [0.05, 0.1) is 11.4 Å². The van der Waals surface area contributed by atoms with E-state index < -0.39 is 12.1 Å². The number of benzene rings is 2. The van der Waals surface area contributed by atoms with Crippen molar-refractivity contribution in [2.75, 3.05) is 6.54 Å². The molecule has 1 amide bonds. The lowest BCUT2D eigenvalue weighted by molar-refractivity contribution is -0.150. The summed E-state index contributed by atoms with van der Waals surface area (Å²) in [6.07, 6.45) is 3.99. The van der Waals surface area contributed by atoms with E-state index in [1.54, 1.807) is 17.7 Å². The minimum Gasteiger partial charge on any atom is -0.449 e. The van der Waals surface area contributed by atoms with E-state index in [1.165, 1.54) is 6.08 Å². The summed E-state index contributed by atoms with van der Waals surface area (Å²) in [5.41, 5.74) is 4.53. The van der Waals surface area contributed by atoms with Gasteiger partial charge in [0.25, 0.3) is 5.91 Å². The zero-order chi connectivity index (χ0) is 21.5. The maximum Gasteiger partial charge on any atom is 0.331 e. The first-order chi connectivity index (χ1) is 14.5. The summed E-state index contributed by atoms with van der Waals surface area (Å²) in [4.78, 5) is 23.9. The maximum atomic E-state index is 12.2. The van der Waals surface area contributed by atoms with E-state index in [4.69, 9.17) is 9.84 Å². The van der Waals surface area contributed by atoms with Crippen molar-refractivity contribution in [3.63, 3.8) is 0 Å². The molecule has 1 N–H and O–H groups in total. The molecule has 1 heterocycles. The van der Waals surface area contributed by atoms with Crippen LogP contribution in [-0.2, 0) is 14.3 Å². The highest BCUT2D eigenvalue weighted by atomic mass is 16.5. The second kappa shape index (κ2) is 9.69. The Morgan fingerprint density at radius 2 is 1.83 bits per heavy atom. The molecule has 1 aromatic heterocycles. The minimum absolute atomic E-state index is 0.323. The van der Waals surface area contributed by atoms with E-state index in [-0.39, 0.29) is 5.91 Å². The second-order valence-corrected chi connectivity index (χ2v) is 6.89. The van der Waals surface area contributed by atoms with E-state index >= 15 is 0 Å². The fourth-order valence-corrected chi connectivity index (χ4v) is 2.90. The fourth-order valence-electron chi connectivity index (χ4n) is 2.90. The first-order valence-electron chi connectivity index (χ1n) is 9.86. The number of para-hydroxylation sites is 1. The number of nitrogens with one attached hydrogen (secondary N) is 1. The Bertz CT molecular complexity index is 1040. The molecule has 0 aliphatic rings. The van der Waals surface area contributed by atoms with Crippen LogP contribution in [0.15, 0.2) is 66.9 Å². The van der Waals surface area contributed by atoms with E-state index in [0.717, 1.165) is 28.1 Å². The van der Waals surface area contributed by atoms with Crippen molar-refractivity contribution in [1.29, 1.82) is 0 Å². The van der Waals surface area contributed by atoms with Crippen molar-refractivity contribution in [3.05, 3.63) is 78.0 Å². The van der Waals surface area contributed by atoms with Gasteiger partial charge in [-0.05, 0) is 39.0 Å².